The molecule has 1 fully saturated rings. The van der Waals surface area contributed by atoms with Gasteiger partial charge in [0.25, 0.3) is 0 Å². The predicted octanol–water partition coefficient (Wildman–Crippen LogP) is -0.832. The third-order valence-corrected chi connectivity index (χ3v) is 2.64. The van der Waals surface area contributed by atoms with E-state index in [1.54, 1.807) is 4.90 Å². The van der Waals surface area contributed by atoms with Gasteiger partial charge >= 0.3 is 57.5 Å². The molecule has 1 heterocycles. The number of nitrogens with zero attached hydrogens (tertiary/aromatic N) is 2. The van der Waals surface area contributed by atoms with E-state index in [1.165, 1.54) is 7.05 Å². The van der Waals surface area contributed by atoms with Crippen molar-refractivity contribution in [3.05, 3.63) is 5.32 Å². The van der Waals surface area contributed by atoms with Gasteiger partial charge in [-0.1, -0.05) is 0 Å². The van der Waals surface area contributed by atoms with Gasteiger partial charge in [0, 0.05) is 19.0 Å². The number of rotatable bonds is 1. The van der Waals surface area contributed by atoms with Gasteiger partial charge in [-0.25, -0.2) is 4.79 Å². The van der Waals surface area contributed by atoms with Crippen LogP contribution in [0.3, 0.4) is 0 Å². The minimum Gasteiger partial charge on any atom is -0.656 e. The van der Waals surface area contributed by atoms with Crippen LogP contribution >= 0.6 is 0 Å². The summed E-state index contributed by atoms with van der Waals surface area (Å²) >= 11 is 0. The molecule has 1 atom stereocenters. The second-order valence-electron chi connectivity index (χ2n) is 5.33. The molecule has 6 heteroatoms. The maximum absolute atomic E-state index is 11.8. The first-order valence-electron chi connectivity index (χ1n) is 5.95. The van der Waals surface area contributed by atoms with E-state index in [0.717, 1.165) is 12.8 Å². The fourth-order valence-electron chi connectivity index (χ4n) is 1.85. The molecule has 1 unspecified atom stereocenters. The Morgan fingerprint density at radius 3 is 2.44 bits per heavy atom. The van der Waals surface area contributed by atoms with Crippen molar-refractivity contribution in [2.45, 2.75) is 39.2 Å². The predicted molar refractivity (Wildman–Crippen MR) is 64.8 cm³/mol. The Hall–Kier alpha value is 0.376. The van der Waals surface area contributed by atoms with Gasteiger partial charge in [0.1, 0.15) is 5.60 Å². The smallest absolute Gasteiger partial charge is 0.656 e. The second-order valence-corrected chi connectivity index (χ2v) is 5.33. The number of hydrogen-bond donors (Lipinski definition) is 0. The number of hydrogen-bond acceptors (Lipinski definition) is 3. The van der Waals surface area contributed by atoms with Gasteiger partial charge in [0.15, 0.2) is 0 Å². The molecule has 1 rings (SSSR count). The SMILES string of the molecule is C[N-]C(=O)C1CCCN(C(=O)OC(C)(C)C)C1.[K+]. The Labute approximate surface area is 151 Å². The van der Waals surface area contributed by atoms with Crippen molar-refractivity contribution in [1.82, 2.24) is 4.90 Å². The fraction of sp³-hybridized carbons (Fsp3) is 0.833. The third-order valence-electron chi connectivity index (χ3n) is 2.64. The van der Waals surface area contributed by atoms with Crippen LogP contribution in [-0.2, 0) is 9.53 Å². The van der Waals surface area contributed by atoms with Crippen molar-refractivity contribution in [3.8, 4) is 0 Å². The van der Waals surface area contributed by atoms with Crippen LogP contribution in [0.15, 0.2) is 0 Å². The average Bonchev–Trinajstić information content (AvgIpc) is 2.26. The zero-order valence-corrected chi connectivity index (χ0v) is 15.1. The molecule has 0 saturated carbocycles. The first-order valence-corrected chi connectivity index (χ1v) is 5.95. The maximum atomic E-state index is 11.8. The van der Waals surface area contributed by atoms with Crippen LogP contribution < -0.4 is 51.4 Å². The van der Waals surface area contributed by atoms with E-state index in [4.69, 9.17) is 4.74 Å². The molecule has 1 aliphatic heterocycles. The van der Waals surface area contributed by atoms with Crippen molar-refractivity contribution in [2.24, 2.45) is 5.92 Å². The minimum atomic E-state index is -0.497. The Bertz CT molecular complexity index is 302. The van der Waals surface area contributed by atoms with Gasteiger partial charge in [0.2, 0.25) is 0 Å². The van der Waals surface area contributed by atoms with Crippen molar-refractivity contribution in [1.29, 1.82) is 0 Å². The average molecular weight is 280 g/mol. The van der Waals surface area contributed by atoms with Crippen LogP contribution in [0.1, 0.15) is 33.6 Å². The zero-order chi connectivity index (χ0) is 13.1. The van der Waals surface area contributed by atoms with E-state index in [0.29, 0.717) is 13.1 Å². The second kappa shape index (κ2) is 7.84. The van der Waals surface area contributed by atoms with Gasteiger partial charge in [0.05, 0.1) is 5.91 Å². The molecular formula is C12H21KN2O3. The van der Waals surface area contributed by atoms with Crippen LogP contribution in [0.2, 0.25) is 0 Å². The third kappa shape index (κ3) is 6.01. The van der Waals surface area contributed by atoms with Crippen molar-refractivity contribution in [3.63, 3.8) is 0 Å². The topological polar surface area (TPSA) is 60.7 Å². The first-order chi connectivity index (χ1) is 7.83. The molecule has 0 radical (unpaired) electrons. The summed E-state index contributed by atoms with van der Waals surface area (Å²) in [6.45, 7) is 6.57. The van der Waals surface area contributed by atoms with Gasteiger partial charge < -0.3 is 19.7 Å². The van der Waals surface area contributed by atoms with Crippen molar-refractivity contribution < 1.29 is 65.7 Å². The molecule has 0 N–H and O–H groups in total. The summed E-state index contributed by atoms with van der Waals surface area (Å²) in [7, 11) is 1.49. The summed E-state index contributed by atoms with van der Waals surface area (Å²) in [6.07, 6.45) is 1.28. The van der Waals surface area contributed by atoms with Gasteiger partial charge in [-0.15, -0.1) is 7.05 Å². The Kier molecular flexibility index (Phi) is 8.01. The van der Waals surface area contributed by atoms with Crippen LogP contribution in [-0.4, -0.2) is 42.6 Å². The molecule has 1 aliphatic rings. The molecule has 1 saturated heterocycles. The monoisotopic (exact) mass is 280 g/mol. The number of piperidine rings is 1. The number of likely N-dealkylation sites (tertiary alicyclic amines) is 1. The van der Waals surface area contributed by atoms with E-state index in [1.807, 2.05) is 20.8 Å². The Morgan fingerprint density at radius 1 is 1.33 bits per heavy atom. The summed E-state index contributed by atoms with van der Waals surface area (Å²) in [5.41, 5.74) is -0.497. The normalized spacial score (nSPS) is 19.8. The van der Waals surface area contributed by atoms with E-state index in [2.05, 4.69) is 5.32 Å². The molecule has 98 valence electrons. The van der Waals surface area contributed by atoms with Gasteiger partial charge in [-0.3, -0.25) is 0 Å². The van der Waals surface area contributed by atoms with Crippen molar-refractivity contribution in [2.75, 3.05) is 20.1 Å². The number of ether oxygens (including phenoxy) is 1. The summed E-state index contributed by atoms with van der Waals surface area (Å²) in [6, 6.07) is 0. The molecule has 2 amide bonds. The number of carbonyl (C=O) groups is 2. The van der Waals surface area contributed by atoms with E-state index in [9.17, 15) is 9.59 Å². The standard InChI is InChI=1S/C12H22N2O3.K/c1-12(2,3)17-11(16)14-7-5-6-9(8-14)10(15)13-4;/h9H,5-8H2,1-4H3,(H,13,15);/q;+1/p-1. The van der Waals surface area contributed by atoms with Gasteiger partial charge in [-0.05, 0) is 33.6 Å². The molecule has 0 aliphatic carbocycles. The molecule has 0 bridgehead atoms. The molecule has 0 aromatic heterocycles. The van der Waals surface area contributed by atoms with Gasteiger partial charge in [-0.2, -0.15) is 0 Å². The van der Waals surface area contributed by atoms with Crippen molar-refractivity contribution >= 4 is 12.0 Å². The molecule has 18 heavy (non-hydrogen) atoms. The summed E-state index contributed by atoms with van der Waals surface area (Å²) in [5.74, 6) is -0.292. The first kappa shape index (κ1) is 18.4. The zero-order valence-electron chi connectivity index (χ0n) is 12.0. The molecule has 0 aromatic carbocycles. The molecule has 0 aromatic rings. The largest absolute Gasteiger partial charge is 1.00 e. The number of carbonyl (C=O) groups excluding carboxylic acids is 2. The van der Waals surface area contributed by atoms with Crippen LogP contribution in [0.25, 0.3) is 5.32 Å². The van der Waals surface area contributed by atoms with Crippen LogP contribution in [0.4, 0.5) is 4.79 Å². The summed E-state index contributed by atoms with van der Waals surface area (Å²) in [4.78, 5) is 24.9. The van der Waals surface area contributed by atoms with Crippen LogP contribution in [0.5, 0.6) is 0 Å². The van der Waals surface area contributed by atoms with E-state index < -0.39 is 5.60 Å². The fourth-order valence-corrected chi connectivity index (χ4v) is 1.85. The summed E-state index contributed by atoms with van der Waals surface area (Å²) in [5, 5.41) is 3.66. The van der Waals surface area contributed by atoms with E-state index in [-0.39, 0.29) is 69.3 Å². The molecular weight excluding hydrogens is 259 g/mol. The Balaban J connectivity index is 0.00000289. The molecule has 0 spiro atoms. The van der Waals surface area contributed by atoms with E-state index >= 15 is 0 Å². The minimum absolute atomic E-state index is 0. The Morgan fingerprint density at radius 2 is 1.94 bits per heavy atom. The maximum Gasteiger partial charge on any atom is 1.00 e. The quantitative estimate of drug-likeness (QED) is 0.589. The summed E-state index contributed by atoms with van der Waals surface area (Å²) < 4.78 is 5.28. The molecule has 5 nitrogen and oxygen atoms in total. The number of amides is 2. The van der Waals surface area contributed by atoms with Crippen LogP contribution in [0, 0.1) is 5.92 Å².